The molecule has 0 fully saturated rings. The van der Waals surface area contributed by atoms with Crippen molar-refractivity contribution in [3.05, 3.63) is 117 Å². The number of nitrogens with two attached hydrogens (primary N) is 1. The van der Waals surface area contributed by atoms with Crippen molar-refractivity contribution in [2.24, 2.45) is 5.73 Å². The van der Waals surface area contributed by atoms with Gasteiger partial charge in [0.05, 0.1) is 50.0 Å². The number of hydrogen-bond acceptors (Lipinski definition) is 10. The van der Waals surface area contributed by atoms with Crippen LogP contribution in [0.2, 0.25) is 5.28 Å². The van der Waals surface area contributed by atoms with Crippen LogP contribution in [0.15, 0.2) is 84.0 Å². The number of aromatic nitrogens is 7. The molecule has 15 nitrogen and oxygen atoms in total. The number of hydrogen-bond donors (Lipinski definition) is 8. The normalized spacial score (nSPS) is 13.4. The topological polar surface area (TPSA) is 232 Å². The van der Waals surface area contributed by atoms with Crippen LogP contribution in [0.5, 0.6) is 0 Å². The molecule has 0 bridgehead atoms. The Bertz CT molecular complexity index is 2920. The molecule has 0 aliphatic carbocycles. The first-order valence-corrected chi connectivity index (χ1v) is 21.2. The summed E-state index contributed by atoms with van der Waals surface area (Å²) in [4.78, 5) is 72.1. The molecule has 1 aliphatic heterocycles. The number of amides is 1. The highest BCUT2D eigenvalue weighted by molar-refractivity contribution is 9.11. The second-order valence-corrected chi connectivity index (χ2v) is 19.5. The number of carbonyl (C=O) groups excluding carboxylic acids is 1. The van der Waals surface area contributed by atoms with Crippen LogP contribution in [0.4, 0.5) is 11.9 Å². The number of rotatable bonds is 3. The minimum Gasteiger partial charge on any atom is -0.356 e. The first-order valence-electron chi connectivity index (χ1n) is 19.2. The molecule has 0 radical (unpaired) electrons. The summed E-state index contributed by atoms with van der Waals surface area (Å²) in [6.07, 6.45) is 0. The number of anilines is 2. The molecule has 0 spiro atoms. The number of H-pyrrole nitrogens is 4. The fourth-order valence-corrected chi connectivity index (χ4v) is 7.01. The molecule has 0 saturated heterocycles. The molecule has 18 heteroatoms. The second kappa shape index (κ2) is 19.4. The number of nitrogens with zero attached hydrogens (tertiary/aromatic N) is 3. The van der Waals surface area contributed by atoms with Crippen molar-refractivity contribution in [2.75, 3.05) is 10.6 Å². The van der Waals surface area contributed by atoms with E-state index in [9.17, 15) is 19.2 Å². The zero-order valence-electron chi connectivity index (χ0n) is 35.5. The molecule has 4 aromatic heterocycles. The highest BCUT2D eigenvalue weighted by Gasteiger charge is 2.28. The Labute approximate surface area is 381 Å². The van der Waals surface area contributed by atoms with E-state index in [1.807, 2.05) is 106 Å². The van der Waals surface area contributed by atoms with Gasteiger partial charge in [0, 0.05) is 36.8 Å². The van der Waals surface area contributed by atoms with E-state index in [-0.39, 0.29) is 58.0 Å². The van der Waals surface area contributed by atoms with Crippen LogP contribution in [-0.2, 0) is 0 Å². The monoisotopic (exact) mass is 993 g/mol. The van der Waals surface area contributed by atoms with Crippen molar-refractivity contribution in [1.82, 2.24) is 40.2 Å². The first-order chi connectivity index (χ1) is 28.3. The van der Waals surface area contributed by atoms with Crippen LogP contribution >= 0.6 is 43.5 Å². The van der Waals surface area contributed by atoms with Gasteiger partial charge >= 0.3 is 0 Å². The molecule has 5 heterocycles. The summed E-state index contributed by atoms with van der Waals surface area (Å²) in [5, 5.41) is 10.9. The molecule has 330 valence electrons. The van der Waals surface area contributed by atoms with Crippen LogP contribution in [0.25, 0.3) is 44.0 Å². The van der Waals surface area contributed by atoms with E-state index in [1.165, 1.54) is 0 Å². The third-order valence-corrected chi connectivity index (χ3v) is 9.69. The first kappa shape index (κ1) is 49.3. The summed E-state index contributed by atoms with van der Waals surface area (Å²) < 4.78 is 1.58. The standard InChI is InChI=1S/C19H21N5O2.C12H14BrN3O.C8H4BrClN2O.C4H11N.CH4/c1-9-14-12(17(26)20-9)8-13(21-14)10-6-5-7-11-15(10)22-18(23-16(11)25)24-19(2,3)4;1-12(2,3)16-11-14-9-7(10(17)15-11)5-4-6-8(9)13;9-5-3-1-2-4-6(5)11-8(10)12-7(4)13;1-4(2,3)5;/h5-9,21H,1-4H3,(H,20,26)(H2,22,23,24,25);4-6H,1-3H3,(H2,14,15,16,17);1-3H,(H,11,12,13);5H2,1-3H3;1H4/t9-;;;;/m1..../s1. The van der Waals surface area contributed by atoms with Crippen LogP contribution in [0.3, 0.4) is 0 Å². The molecular weight excluding hydrogens is 942 g/mol. The van der Waals surface area contributed by atoms with Gasteiger partial charge in [0.2, 0.25) is 17.2 Å². The van der Waals surface area contributed by atoms with E-state index < -0.39 is 0 Å². The number of halogens is 3. The van der Waals surface area contributed by atoms with Gasteiger partial charge in [0.15, 0.2) is 0 Å². The van der Waals surface area contributed by atoms with E-state index in [0.29, 0.717) is 50.2 Å². The zero-order valence-corrected chi connectivity index (χ0v) is 39.5. The highest BCUT2D eigenvalue weighted by Crippen LogP contribution is 2.32. The Morgan fingerprint density at radius 3 is 1.52 bits per heavy atom. The van der Waals surface area contributed by atoms with Gasteiger partial charge < -0.3 is 26.7 Å². The van der Waals surface area contributed by atoms with Crippen LogP contribution in [-0.4, -0.2) is 57.4 Å². The van der Waals surface area contributed by atoms with E-state index in [2.05, 4.69) is 82.7 Å². The lowest BCUT2D eigenvalue weighted by Crippen LogP contribution is -2.28. The highest BCUT2D eigenvalue weighted by atomic mass is 79.9. The quantitative estimate of drug-likeness (QED) is 0.0781. The molecule has 62 heavy (non-hydrogen) atoms. The van der Waals surface area contributed by atoms with E-state index >= 15 is 0 Å². The van der Waals surface area contributed by atoms with Gasteiger partial charge in [-0.25, -0.2) is 15.0 Å². The predicted molar refractivity (Wildman–Crippen MR) is 261 cm³/mol. The van der Waals surface area contributed by atoms with E-state index in [4.69, 9.17) is 17.3 Å². The second-order valence-electron chi connectivity index (χ2n) is 17.5. The third kappa shape index (κ3) is 12.8. The fraction of sp³-hybridized carbons (Fsp3) is 0.341. The summed E-state index contributed by atoms with van der Waals surface area (Å²) in [6, 6.07) is 18.0. The van der Waals surface area contributed by atoms with Crippen LogP contribution < -0.4 is 38.4 Å². The van der Waals surface area contributed by atoms with Crippen LogP contribution in [0, 0.1) is 0 Å². The van der Waals surface area contributed by atoms with Gasteiger partial charge in [0.25, 0.3) is 22.6 Å². The summed E-state index contributed by atoms with van der Waals surface area (Å²) in [6.45, 7) is 19.9. The SMILES string of the molecule is C.CC(C)(C)N.CC(C)(C)Nc1nc2c(Br)cccc2c(=O)[nH]1.C[C@H]1NC(=O)c2cc(-c3cccc4c(=O)[nH]c(NC(C)(C)C)nc34)[nH]c21.O=c1[nH]c(Cl)nc2c(Br)cccc12. The van der Waals surface area contributed by atoms with Crippen molar-refractivity contribution in [3.63, 3.8) is 0 Å². The molecule has 1 atom stereocenters. The smallest absolute Gasteiger partial charge is 0.260 e. The predicted octanol–water partition coefficient (Wildman–Crippen LogP) is 9.55. The number of fused-ring (bicyclic) bond motifs is 4. The Kier molecular flexibility index (Phi) is 15.4. The van der Waals surface area contributed by atoms with Gasteiger partial charge in [-0.15, -0.1) is 0 Å². The maximum atomic E-state index is 12.5. The Morgan fingerprint density at radius 2 is 1.05 bits per heavy atom. The Balaban J connectivity index is 0.000000203. The summed E-state index contributed by atoms with van der Waals surface area (Å²) in [7, 11) is 0. The molecular formula is C44H54Br2ClN11O4. The molecule has 0 unspecified atom stereocenters. The molecule has 8 rings (SSSR count). The van der Waals surface area contributed by atoms with Gasteiger partial charge in [-0.05, 0) is 149 Å². The van der Waals surface area contributed by atoms with Crippen molar-refractivity contribution in [2.45, 2.75) is 99.3 Å². The van der Waals surface area contributed by atoms with Crippen LogP contribution in [0.1, 0.15) is 98.8 Å². The molecule has 0 saturated carbocycles. The minimum absolute atomic E-state index is 0. The van der Waals surface area contributed by atoms with Crippen molar-refractivity contribution in [1.29, 1.82) is 0 Å². The summed E-state index contributed by atoms with van der Waals surface area (Å²) >= 11 is 12.3. The average Bonchev–Trinajstić information content (AvgIpc) is 3.67. The van der Waals surface area contributed by atoms with Gasteiger partial charge in [-0.3, -0.25) is 34.1 Å². The van der Waals surface area contributed by atoms with E-state index in [1.54, 1.807) is 24.3 Å². The number of benzene rings is 3. The van der Waals surface area contributed by atoms with Crippen molar-refractivity contribution < 1.29 is 4.79 Å². The van der Waals surface area contributed by atoms with Gasteiger partial charge in [-0.1, -0.05) is 31.7 Å². The largest absolute Gasteiger partial charge is 0.356 e. The molecule has 3 aromatic carbocycles. The molecule has 1 aliphatic rings. The lowest BCUT2D eigenvalue weighted by atomic mass is 10.1. The summed E-state index contributed by atoms with van der Waals surface area (Å²) in [5.41, 5.74) is 9.32. The zero-order chi connectivity index (χ0) is 45.2. The number of carbonyl (C=O) groups is 1. The lowest BCUT2D eigenvalue weighted by molar-refractivity contribution is 0.0958. The molecule has 1 amide bonds. The van der Waals surface area contributed by atoms with Gasteiger partial charge in [-0.2, -0.15) is 0 Å². The van der Waals surface area contributed by atoms with Crippen molar-refractivity contribution >= 4 is 94.0 Å². The molecule has 7 aromatic rings. The number of para-hydroxylation sites is 3. The number of nitrogens with one attached hydrogen (secondary N) is 7. The fourth-order valence-electron chi connectivity index (χ4n) is 5.93. The average molecular weight is 996 g/mol. The summed E-state index contributed by atoms with van der Waals surface area (Å²) in [5.74, 6) is 0.825. The Hall–Kier alpha value is -5.36. The van der Waals surface area contributed by atoms with Crippen molar-refractivity contribution in [3.8, 4) is 11.3 Å². The minimum atomic E-state index is -0.236. The number of aromatic amines is 4. The third-order valence-electron chi connectivity index (χ3n) is 8.23. The maximum absolute atomic E-state index is 12.5. The van der Waals surface area contributed by atoms with Gasteiger partial charge in [0.1, 0.15) is 0 Å². The van der Waals surface area contributed by atoms with E-state index in [0.717, 1.165) is 25.9 Å². The Morgan fingerprint density at radius 1 is 0.629 bits per heavy atom. The lowest BCUT2D eigenvalue weighted by Gasteiger charge is -2.21. The molecule has 9 N–H and O–H groups in total. The maximum Gasteiger partial charge on any atom is 0.260 e.